The van der Waals surface area contributed by atoms with Crippen LogP contribution in [0, 0.1) is 11.3 Å². The number of para-hydroxylation sites is 1. The van der Waals surface area contributed by atoms with E-state index in [0.29, 0.717) is 11.0 Å². The Morgan fingerprint density at radius 1 is 0.600 bits per heavy atom. The molecule has 0 aromatic heterocycles. The fraction of sp³-hybridized carbons (Fsp3) is 0. The molecule has 0 unspecified atom stereocenters. The Kier molecular flexibility index (Phi) is 5.62. The summed E-state index contributed by atoms with van der Waals surface area (Å²) in [5.41, 5.74) is 6.10. The van der Waals surface area contributed by atoms with Crippen LogP contribution in [-0.2, 0) is 0 Å². The lowest BCUT2D eigenvalue weighted by Crippen LogP contribution is -2.29. The molecule has 0 radical (unpaired) electrons. The smallest absolute Gasteiger partial charge is 0.423 e. The van der Waals surface area contributed by atoms with Gasteiger partial charge in [0.05, 0.1) is 11.6 Å². The third-order valence-electron chi connectivity index (χ3n) is 4.94. The minimum absolute atomic E-state index is 0.447. The van der Waals surface area contributed by atoms with Gasteiger partial charge in [0.25, 0.3) is 0 Å². The maximum absolute atomic E-state index is 9.38. The van der Waals surface area contributed by atoms with Gasteiger partial charge in [0.1, 0.15) is 0 Å². The quantitative estimate of drug-likeness (QED) is 0.497. The normalized spacial score (nSPS) is 10.3. The molecule has 0 aliphatic carbocycles. The van der Waals surface area contributed by atoms with Crippen molar-refractivity contribution in [2.45, 2.75) is 0 Å². The van der Waals surface area contributed by atoms with Gasteiger partial charge in [0.2, 0.25) is 0 Å². The summed E-state index contributed by atoms with van der Waals surface area (Å²) in [5, 5.41) is 27.7. The number of hydrogen-bond donors (Lipinski definition) is 2. The van der Waals surface area contributed by atoms with E-state index in [-0.39, 0.29) is 0 Å². The van der Waals surface area contributed by atoms with E-state index in [1.807, 2.05) is 66.7 Å². The van der Waals surface area contributed by atoms with E-state index in [1.54, 1.807) is 12.1 Å². The van der Waals surface area contributed by atoms with Crippen molar-refractivity contribution in [2.24, 2.45) is 0 Å². The molecule has 0 aliphatic rings. The summed E-state index contributed by atoms with van der Waals surface area (Å²) in [5.74, 6) is 0. The molecule has 0 aliphatic heterocycles. The monoisotopic (exact) mass is 390 g/mol. The lowest BCUT2D eigenvalue weighted by atomic mass is 9.80. The molecule has 30 heavy (non-hydrogen) atoms. The molecule has 4 aromatic carbocycles. The fourth-order valence-electron chi connectivity index (χ4n) is 3.36. The average Bonchev–Trinajstić information content (AvgIpc) is 2.81. The number of hydrogen-bond acceptors (Lipinski definition) is 4. The first-order chi connectivity index (χ1) is 14.7. The van der Waals surface area contributed by atoms with Crippen LogP contribution in [0.2, 0.25) is 0 Å². The molecule has 2 N–H and O–H groups in total. The van der Waals surface area contributed by atoms with Crippen LogP contribution in [0.3, 0.4) is 0 Å². The lowest BCUT2D eigenvalue weighted by molar-refractivity contribution is 0.426. The zero-order valence-corrected chi connectivity index (χ0v) is 16.2. The summed E-state index contributed by atoms with van der Waals surface area (Å²) in [6.07, 6.45) is 0. The Bertz CT molecular complexity index is 1150. The zero-order chi connectivity index (χ0) is 20.9. The van der Waals surface area contributed by atoms with Gasteiger partial charge in [0.15, 0.2) is 0 Å². The molecule has 4 aromatic rings. The Morgan fingerprint density at radius 2 is 1.07 bits per heavy atom. The van der Waals surface area contributed by atoms with Crippen molar-refractivity contribution in [3.05, 3.63) is 109 Å². The van der Waals surface area contributed by atoms with E-state index in [4.69, 9.17) is 5.26 Å². The van der Waals surface area contributed by atoms with Crippen LogP contribution in [0.4, 0.5) is 17.1 Å². The second kappa shape index (κ2) is 8.67. The SMILES string of the molecule is N#Cc1ccc(-c2ccc(N(c3ccccc3)c3ccc(B(O)O)cc3)cc2)cc1. The van der Waals surface area contributed by atoms with E-state index >= 15 is 0 Å². The number of anilines is 3. The van der Waals surface area contributed by atoms with Gasteiger partial charge in [-0.3, -0.25) is 0 Å². The van der Waals surface area contributed by atoms with Crippen molar-refractivity contribution in [1.82, 2.24) is 0 Å². The topological polar surface area (TPSA) is 67.5 Å². The summed E-state index contributed by atoms with van der Waals surface area (Å²) >= 11 is 0. The van der Waals surface area contributed by atoms with Crippen molar-refractivity contribution in [1.29, 1.82) is 5.26 Å². The molecule has 0 atom stereocenters. The fourth-order valence-corrected chi connectivity index (χ4v) is 3.36. The number of rotatable bonds is 5. The third-order valence-corrected chi connectivity index (χ3v) is 4.94. The van der Waals surface area contributed by atoms with Crippen molar-refractivity contribution < 1.29 is 10.0 Å². The van der Waals surface area contributed by atoms with E-state index in [2.05, 4.69) is 35.2 Å². The van der Waals surface area contributed by atoms with Gasteiger partial charge in [-0.25, -0.2) is 0 Å². The highest BCUT2D eigenvalue weighted by Gasteiger charge is 2.15. The Hall–Kier alpha value is -3.85. The summed E-state index contributed by atoms with van der Waals surface area (Å²) in [4.78, 5) is 2.11. The minimum atomic E-state index is -1.49. The Labute approximate surface area is 176 Å². The predicted molar refractivity (Wildman–Crippen MR) is 121 cm³/mol. The van der Waals surface area contributed by atoms with Crippen LogP contribution >= 0.6 is 0 Å². The summed E-state index contributed by atoms with van der Waals surface area (Å²) in [7, 11) is -1.49. The molecule has 0 amide bonds. The molecule has 0 heterocycles. The lowest BCUT2D eigenvalue weighted by Gasteiger charge is -2.26. The van der Waals surface area contributed by atoms with Crippen LogP contribution in [0.25, 0.3) is 11.1 Å². The van der Waals surface area contributed by atoms with E-state index in [0.717, 1.165) is 28.2 Å². The maximum atomic E-state index is 9.38. The first-order valence-corrected chi connectivity index (χ1v) is 9.57. The number of benzene rings is 4. The maximum Gasteiger partial charge on any atom is 0.488 e. The standard InChI is InChI=1S/C25H19BN2O2/c27-18-19-6-8-20(9-7-19)21-10-14-24(15-11-21)28(23-4-2-1-3-5-23)25-16-12-22(13-17-25)26(29)30/h1-17,29-30H. The summed E-state index contributed by atoms with van der Waals surface area (Å²) < 4.78 is 0. The summed E-state index contributed by atoms with van der Waals surface area (Å²) in [6, 6.07) is 35.0. The molecular formula is C25H19BN2O2. The second-order valence-corrected chi connectivity index (χ2v) is 6.87. The first kappa shape index (κ1) is 19.5. The van der Waals surface area contributed by atoms with Crippen LogP contribution in [-0.4, -0.2) is 17.2 Å². The molecule has 5 heteroatoms. The number of nitriles is 1. The third kappa shape index (κ3) is 4.11. The average molecular weight is 390 g/mol. The van der Waals surface area contributed by atoms with Crippen LogP contribution in [0.5, 0.6) is 0 Å². The number of nitrogens with zero attached hydrogens (tertiary/aromatic N) is 2. The van der Waals surface area contributed by atoms with Crippen LogP contribution < -0.4 is 10.4 Å². The van der Waals surface area contributed by atoms with Crippen molar-refractivity contribution in [2.75, 3.05) is 4.90 Å². The Morgan fingerprint density at radius 3 is 1.57 bits per heavy atom. The van der Waals surface area contributed by atoms with Crippen LogP contribution in [0.1, 0.15) is 5.56 Å². The van der Waals surface area contributed by atoms with Gasteiger partial charge in [0, 0.05) is 17.1 Å². The van der Waals surface area contributed by atoms with Gasteiger partial charge < -0.3 is 14.9 Å². The van der Waals surface area contributed by atoms with Crippen molar-refractivity contribution in [3.63, 3.8) is 0 Å². The molecule has 0 saturated carbocycles. The molecule has 0 spiro atoms. The van der Waals surface area contributed by atoms with E-state index < -0.39 is 7.12 Å². The zero-order valence-electron chi connectivity index (χ0n) is 16.2. The van der Waals surface area contributed by atoms with Gasteiger partial charge in [-0.15, -0.1) is 0 Å². The molecule has 0 bridgehead atoms. The summed E-state index contributed by atoms with van der Waals surface area (Å²) in [6.45, 7) is 0. The highest BCUT2D eigenvalue weighted by molar-refractivity contribution is 6.58. The molecule has 4 nitrogen and oxygen atoms in total. The van der Waals surface area contributed by atoms with Gasteiger partial charge >= 0.3 is 7.12 Å². The van der Waals surface area contributed by atoms with Gasteiger partial charge in [-0.1, -0.05) is 54.6 Å². The molecule has 4 rings (SSSR count). The van der Waals surface area contributed by atoms with E-state index in [9.17, 15) is 10.0 Å². The van der Waals surface area contributed by atoms with Gasteiger partial charge in [-0.2, -0.15) is 5.26 Å². The molecule has 0 fully saturated rings. The predicted octanol–water partition coefficient (Wildman–Crippen LogP) is 4.37. The van der Waals surface area contributed by atoms with Crippen molar-refractivity contribution >= 4 is 29.6 Å². The second-order valence-electron chi connectivity index (χ2n) is 6.87. The van der Waals surface area contributed by atoms with Crippen LogP contribution in [0.15, 0.2) is 103 Å². The highest BCUT2D eigenvalue weighted by Crippen LogP contribution is 2.35. The van der Waals surface area contributed by atoms with E-state index in [1.165, 1.54) is 0 Å². The largest absolute Gasteiger partial charge is 0.488 e. The Balaban J connectivity index is 1.71. The highest BCUT2D eigenvalue weighted by atomic mass is 16.4. The molecule has 0 saturated heterocycles. The van der Waals surface area contributed by atoms with Gasteiger partial charge in [-0.05, 0) is 65.1 Å². The molecule has 144 valence electrons. The molecular weight excluding hydrogens is 371 g/mol. The minimum Gasteiger partial charge on any atom is -0.423 e. The van der Waals surface area contributed by atoms with Crippen molar-refractivity contribution in [3.8, 4) is 17.2 Å². The first-order valence-electron chi connectivity index (χ1n) is 9.57.